The average molecular weight is 418 g/mol. The summed E-state index contributed by atoms with van der Waals surface area (Å²) >= 11 is 0. The number of nitrogens with one attached hydrogen (secondary N) is 1. The van der Waals surface area contributed by atoms with E-state index in [0.717, 1.165) is 6.42 Å². The molecule has 1 unspecified atom stereocenters. The molecule has 2 aliphatic heterocycles. The second-order valence-corrected chi connectivity index (χ2v) is 9.12. The fourth-order valence-electron chi connectivity index (χ4n) is 3.78. The van der Waals surface area contributed by atoms with Gasteiger partial charge in [-0.05, 0) is 50.5 Å². The van der Waals surface area contributed by atoms with E-state index in [1.807, 2.05) is 0 Å². The minimum atomic E-state index is -3.85. The van der Waals surface area contributed by atoms with Gasteiger partial charge in [0, 0.05) is 31.3 Å². The predicted molar refractivity (Wildman–Crippen MR) is 105 cm³/mol. The lowest BCUT2D eigenvalue weighted by Gasteiger charge is -2.23. The number of amides is 2. The van der Waals surface area contributed by atoms with Crippen LogP contribution in [-0.4, -0.2) is 48.8 Å². The Labute approximate surface area is 168 Å². The normalized spacial score (nSPS) is 20.4. The van der Waals surface area contributed by atoms with Gasteiger partial charge >= 0.3 is 0 Å². The third kappa shape index (κ3) is 3.77. The van der Waals surface area contributed by atoms with Crippen molar-refractivity contribution in [1.29, 1.82) is 0 Å². The number of carbonyl (C=O) groups excluding carboxylic acids is 2. The molecular weight excluding hydrogens is 396 g/mol. The lowest BCUT2D eigenvalue weighted by Crippen LogP contribution is -2.43. The van der Waals surface area contributed by atoms with Crippen molar-refractivity contribution >= 4 is 33.3 Å². The first-order valence-electron chi connectivity index (χ1n) is 9.53. The number of carbonyl (C=O) groups is 2. The summed E-state index contributed by atoms with van der Waals surface area (Å²) in [5.41, 5.74) is 0.684. The largest absolute Gasteiger partial charge is 0.360 e. The van der Waals surface area contributed by atoms with Crippen LogP contribution in [0.15, 0.2) is 39.8 Å². The van der Waals surface area contributed by atoms with Crippen LogP contribution in [0.25, 0.3) is 0 Å². The van der Waals surface area contributed by atoms with Crippen LogP contribution in [-0.2, 0) is 19.6 Å². The maximum Gasteiger partial charge on any atom is 0.244 e. The molecule has 154 valence electrons. The van der Waals surface area contributed by atoms with Gasteiger partial charge in [-0.1, -0.05) is 5.16 Å². The quantitative estimate of drug-likeness (QED) is 0.794. The van der Waals surface area contributed by atoms with Crippen LogP contribution >= 0.6 is 0 Å². The monoisotopic (exact) mass is 418 g/mol. The molecule has 0 radical (unpaired) electrons. The van der Waals surface area contributed by atoms with Crippen molar-refractivity contribution in [2.24, 2.45) is 0 Å². The second kappa shape index (κ2) is 7.60. The van der Waals surface area contributed by atoms with Gasteiger partial charge in [0.1, 0.15) is 11.8 Å². The van der Waals surface area contributed by atoms with Crippen LogP contribution in [0.4, 0.5) is 11.5 Å². The minimum absolute atomic E-state index is 0.0416. The van der Waals surface area contributed by atoms with Gasteiger partial charge in [-0.25, -0.2) is 8.42 Å². The van der Waals surface area contributed by atoms with Crippen molar-refractivity contribution in [3.8, 4) is 0 Å². The highest BCUT2D eigenvalue weighted by molar-refractivity contribution is 7.89. The van der Waals surface area contributed by atoms with E-state index >= 15 is 0 Å². The molecule has 10 heteroatoms. The topological polar surface area (TPSA) is 113 Å². The molecule has 0 saturated carbocycles. The Balaban J connectivity index is 1.52. The summed E-state index contributed by atoms with van der Waals surface area (Å²) in [4.78, 5) is 26.3. The van der Waals surface area contributed by atoms with Gasteiger partial charge in [-0.2, -0.15) is 4.31 Å². The number of rotatable bonds is 5. The third-order valence-corrected chi connectivity index (χ3v) is 7.14. The third-order valence-electron chi connectivity index (χ3n) is 5.21. The molecule has 1 atom stereocenters. The Bertz CT molecular complexity index is 1030. The molecule has 1 aromatic heterocycles. The average Bonchev–Trinajstić information content (AvgIpc) is 3.43. The molecule has 2 aromatic rings. The van der Waals surface area contributed by atoms with Crippen LogP contribution in [0.2, 0.25) is 0 Å². The lowest BCUT2D eigenvalue weighted by molar-refractivity contribution is -0.119. The molecule has 4 rings (SSSR count). The van der Waals surface area contributed by atoms with Crippen LogP contribution in [0.1, 0.15) is 31.4 Å². The van der Waals surface area contributed by atoms with Crippen LogP contribution in [0.3, 0.4) is 0 Å². The molecule has 1 aromatic carbocycles. The maximum atomic E-state index is 13.1. The molecule has 2 amide bonds. The Morgan fingerprint density at radius 3 is 2.59 bits per heavy atom. The van der Waals surface area contributed by atoms with Gasteiger partial charge < -0.3 is 14.7 Å². The van der Waals surface area contributed by atoms with Gasteiger partial charge in [0.05, 0.1) is 4.90 Å². The zero-order chi connectivity index (χ0) is 20.6. The van der Waals surface area contributed by atoms with Crippen LogP contribution < -0.4 is 10.2 Å². The zero-order valence-electron chi connectivity index (χ0n) is 16.0. The predicted octanol–water partition coefficient (Wildman–Crippen LogP) is 1.90. The highest BCUT2D eigenvalue weighted by Gasteiger charge is 2.39. The fourth-order valence-corrected chi connectivity index (χ4v) is 5.44. The number of hydrogen-bond donors (Lipinski definition) is 1. The van der Waals surface area contributed by atoms with E-state index in [0.29, 0.717) is 37.3 Å². The van der Waals surface area contributed by atoms with Crippen molar-refractivity contribution in [2.45, 2.75) is 43.5 Å². The molecule has 3 heterocycles. The summed E-state index contributed by atoms with van der Waals surface area (Å²) in [5, 5.41) is 6.33. The van der Waals surface area contributed by atoms with Crippen molar-refractivity contribution in [2.75, 3.05) is 23.3 Å². The Hall–Kier alpha value is -2.72. The number of aryl methyl sites for hydroxylation is 1. The standard InChI is InChI=1S/C19H22N4O5S/c1-13-12-17(21-28-13)20-19(25)16-4-2-11-23(16)29(26,27)15-8-6-14(7-9-15)22-10-3-5-18(22)24/h6-9,12,16H,2-5,10-11H2,1H3,(H,20,21,25). The SMILES string of the molecule is Cc1cc(NC(=O)C2CCCN2S(=O)(=O)c2ccc(N3CCCC3=O)cc2)no1. The summed E-state index contributed by atoms with van der Waals surface area (Å²) in [6.45, 7) is 2.61. The van der Waals surface area contributed by atoms with Crippen molar-refractivity contribution in [3.63, 3.8) is 0 Å². The molecule has 29 heavy (non-hydrogen) atoms. The second-order valence-electron chi connectivity index (χ2n) is 7.23. The molecule has 2 saturated heterocycles. The molecule has 0 spiro atoms. The molecule has 2 fully saturated rings. The Kier molecular flexibility index (Phi) is 5.13. The van der Waals surface area contributed by atoms with Crippen molar-refractivity contribution < 1.29 is 22.5 Å². The van der Waals surface area contributed by atoms with Crippen molar-refractivity contribution in [1.82, 2.24) is 9.46 Å². The molecule has 0 bridgehead atoms. The highest BCUT2D eigenvalue weighted by atomic mass is 32.2. The fraction of sp³-hybridized carbons (Fsp3) is 0.421. The van der Waals surface area contributed by atoms with Gasteiger partial charge in [0.2, 0.25) is 21.8 Å². The van der Waals surface area contributed by atoms with E-state index in [1.54, 1.807) is 30.0 Å². The summed E-state index contributed by atoms with van der Waals surface area (Å²) in [6.07, 6.45) is 2.34. The van der Waals surface area contributed by atoms with E-state index in [2.05, 4.69) is 10.5 Å². The van der Waals surface area contributed by atoms with Gasteiger partial charge in [0.25, 0.3) is 0 Å². The van der Waals surface area contributed by atoms with E-state index in [1.165, 1.54) is 16.4 Å². The Morgan fingerprint density at radius 2 is 1.97 bits per heavy atom. The highest BCUT2D eigenvalue weighted by Crippen LogP contribution is 2.29. The van der Waals surface area contributed by atoms with E-state index in [4.69, 9.17) is 4.52 Å². The summed E-state index contributed by atoms with van der Waals surface area (Å²) in [7, 11) is -3.85. The molecular formula is C19H22N4O5S. The first kappa shape index (κ1) is 19.6. The van der Waals surface area contributed by atoms with E-state index < -0.39 is 22.0 Å². The summed E-state index contributed by atoms with van der Waals surface area (Å²) in [5.74, 6) is 0.419. The first-order chi connectivity index (χ1) is 13.9. The lowest BCUT2D eigenvalue weighted by atomic mass is 10.2. The van der Waals surface area contributed by atoms with Gasteiger partial charge in [-0.15, -0.1) is 0 Å². The van der Waals surface area contributed by atoms with E-state index in [9.17, 15) is 18.0 Å². The number of benzene rings is 1. The number of aromatic nitrogens is 1. The zero-order valence-corrected chi connectivity index (χ0v) is 16.8. The van der Waals surface area contributed by atoms with E-state index in [-0.39, 0.29) is 23.2 Å². The molecule has 1 N–H and O–H groups in total. The number of anilines is 2. The molecule has 9 nitrogen and oxygen atoms in total. The maximum absolute atomic E-state index is 13.1. The molecule has 2 aliphatic rings. The minimum Gasteiger partial charge on any atom is -0.360 e. The summed E-state index contributed by atoms with van der Waals surface area (Å²) in [6, 6.07) is 7.02. The Morgan fingerprint density at radius 1 is 1.21 bits per heavy atom. The van der Waals surface area contributed by atoms with Gasteiger partial charge in [-0.3, -0.25) is 9.59 Å². The van der Waals surface area contributed by atoms with Crippen LogP contribution in [0.5, 0.6) is 0 Å². The molecule has 0 aliphatic carbocycles. The number of nitrogens with zero attached hydrogens (tertiary/aromatic N) is 3. The summed E-state index contributed by atoms with van der Waals surface area (Å²) < 4.78 is 32.4. The number of sulfonamides is 1. The smallest absolute Gasteiger partial charge is 0.244 e. The van der Waals surface area contributed by atoms with Crippen LogP contribution in [0, 0.1) is 6.92 Å². The number of hydrogen-bond acceptors (Lipinski definition) is 6. The van der Waals surface area contributed by atoms with Gasteiger partial charge in [0.15, 0.2) is 5.82 Å². The van der Waals surface area contributed by atoms with Crippen molar-refractivity contribution in [3.05, 3.63) is 36.1 Å². The first-order valence-corrected chi connectivity index (χ1v) is 11.0.